The lowest BCUT2D eigenvalue weighted by Crippen LogP contribution is -2.40. The minimum absolute atomic E-state index is 0.0403. The highest BCUT2D eigenvalue weighted by Gasteiger charge is 2.27. The maximum absolute atomic E-state index is 11.2. The zero-order valence-electron chi connectivity index (χ0n) is 11.7. The zero-order chi connectivity index (χ0) is 15.4. The van der Waals surface area contributed by atoms with Gasteiger partial charge in [-0.1, -0.05) is 0 Å². The topological polar surface area (TPSA) is 98.8 Å². The Labute approximate surface area is 121 Å². The minimum atomic E-state index is -0.629. The zero-order valence-corrected chi connectivity index (χ0v) is 11.7. The maximum Gasteiger partial charge on any atom is 0.299 e. The van der Waals surface area contributed by atoms with Gasteiger partial charge in [-0.2, -0.15) is 0 Å². The van der Waals surface area contributed by atoms with Crippen molar-refractivity contribution in [3.8, 4) is 0 Å². The van der Waals surface area contributed by atoms with E-state index in [2.05, 4.69) is 0 Å². The van der Waals surface area contributed by atoms with Crippen molar-refractivity contribution in [3.63, 3.8) is 0 Å². The molecule has 0 bridgehead atoms. The van der Waals surface area contributed by atoms with Crippen LogP contribution in [0.3, 0.4) is 0 Å². The number of rotatable bonds is 5. The smallest absolute Gasteiger partial charge is 0.299 e. The summed E-state index contributed by atoms with van der Waals surface area (Å²) in [6.45, 7) is 3.75. The molecule has 0 aliphatic carbocycles. The van der Waals surface area contributed by atoms with Crippen LogP contribution in [0.1, 0.15) is 19.8 Å². The van der Waals surface area contributed by atoms with Gasteiger partial charge < -0.3 is 9.64 Å². The molecule has 0 N–H and O–H groups in total. The maximum atomic E-state index is 11.2. The second-order valence-electron chi connectivity index (χ2n) is 4.85. The van der Waals surface area contributed by atoms with Crippen molar-refractivity contribution in [1.29, 1.82) is 0 Å². The molecule has 114 valence electrons. The number of hydrogen-bond acceptors (Lipinski definition) is 6. The summed E-state index contributed by atoms with van der Waals surface area (Å²) in [5, 5.41) is 21.9. The summed E-state index contributed by atoms with van der Waals surface area (Å²) in [4.78, 5) is 22.6. The third-order valence-electron chi connectivity index (χ3n) is 3.49. The first kappa shape index (κ1) is 15.2. The fourth-order valence-electron chi connectivity index (χ4n) is 2.57. The average Bonchev–Trinajstić information content (AvgIpc) is 2.47. The molecule has 1 aliphatic rings. The first-order valence-electron chi connectivity index (χ1n) is 6.82. The predicted octanol–water partition coefficient (Wildman–Crippen LogP) is 2.51. The molecule has 1 atom stereocenters. The highest BCUT2D eigenvalue weighted by molar-refractivity contribution is 5.67. The van der Waals surface area contributed by atoms with Gasteiger partial charge in [0, 0.05) is 25.8 Å². The second-order valence-corrected chi connectivity index (χ2v) is 4.85. The van der Waals surface area contributed by atoms with Gasteiger partial charge >= 0.3 is 0 Å². The normalized spacial score (nSPS) is 18.5. The van der Waals surface area contributed by atoms with Crippen molar-refractivity contribution in [2.24, 2.45) is 0 Å². The van der Waals surface area contributed by atoms with E-state index in [-0.39, 0.29) is 17.5 Å². The third kappa shape index (κ3) is 3.46. The Balaban J connectivity index is 2.29. The van der Waals surface area contributed by atoms with Crippen molar-refractivity contribution in [3.05, 3.63) is 38.4 Å². The standard InChI is InChI=1S/C13H17N3O5/c1-2-21-11-4-3-7-14(9-11)12-6-5-10(15(17)18)8-13(12)16(19)20/h5-6,8,11H,2-4,7,9H2,1H3. The summed E-state index contributed by atoms with van der Waals surface area (Å²) in [6.07, 6.45) is 1.84. The molecular weight excluding hydrogens is 278 g/mol. The molecule has 8 heteroatoms. The lowest BCUT2D eigenvalue weighted by atomic mass is 10.1. The number of non-ortho nitro benzene ring substituents is 1. The summed E-state index contributed by atoms with van der Waals surface area (Å²) in [6, 6.07) is 3.76. The van der Waals surface area contributed by atoms with E-state index in [9.17, 15) is 20.2 Å². The molecule has 21 heavy (non-hydrogen) atoms. The summed E-state index contributed by atoms with van der Waals surface area (Å²) < 4.78 is 5.58. The van der Waals surface area contributed by atoms with Crippen molar-refractivity contribution in [2.45, 2.75) is 25.9 Å². The van der Waals surface area contributed by atoms with Gasteiger partial charge in [-0.3, -0.25) is 20.2 Å². The van der Waals surface area contributed by atoms with Crippen LogP contribution >= 0.6 is 0 Å². The third-order valence-corrected chi connectivity index (χ3v) is 3.49. The van der Waals surface area contributed by atoms with Crippen LogP contribution in [-0.4, -0.2) is 35.6 Å². The molecule has 0 amide bonds. The molecule has 1 aromatic rings. The highest BCUT2D eigenvalue weighted by atomic mass is 16.6. The Morgan fingerprint density at radius 1 is 1.33 bits per heavy atom. The summed E-state index contributed by atoms with van der Waals surface area (Å²) in [5.41, 5.74) is -0.0971. The van der Waals surface area contributed by atoms with Gasteiger partial charge in [0.05, 0.1) is 22.0 Å². The van der Waals surface area contributed by atoms with Gasteiger partial charge in [0.25, 0.3) is 11.4 Å². The molecule has 1 fully saturated rings. The van der Waals surface area contributed by atoms with E-state index < -0.39 is 9.85 Å². The molecule has 1 saturated heterocycles. The summed E-state index contributed by atoms with van der Waals surface area (Å²) in [5.74, 6) is 0. The summed E-state index contributed by atoms with van der Waals surface area (Å²) >= 11 is 0. The van der Waals surface area contributed by atoms with Gasteiger partial charge in [-0.15, -0.1) is 0 Å². The predicted molar refractivity (Wildman–Crippen MR) is 76.6 cm³/mol. The largest absolute Gasteiger partial charge is 0.377 e. The van der Waals surface area contributed by atoms with Gasteiger partial charge in [0.15, 0.2) is 0 Å². The lowest BCUT2D eigenvalue weighted by molar-refractivity contribution is -0.393. The van der Waals surface area contributed by atoms with Gasteiger partial charge in [-0.25, -0.2) is 0 Å². The second kappa shape index (κ2) is 6.49. The number of hydrogen-bond donors (Lipinski definition) is 0. The molecule has 0 saturated carbocycles. The number of piperidine rings is 1. The minimum Gasteiger partial charge on any atom is -0.377 e. The first-order chi connectivity index (χ1) is 10.0. The molecule has 2 rings (SSSR count). The Morgan fingerprint density at radius 3 is 2.71 bits per heavy atom. The van der Waals surface area contributed by atoms with Crippen molar-refractivity contribution < 1.29 is 14.6 Å². The van der Waals surface area contributed by atoms with Crippen molar-refractivity contribution >= 4 is 17.1 Å². The van der Waals surface area contributed by atoms with Crippen LogP contribution in [0.2, 0.25) is 0 Å². The Bertz CT molecular complexity index is 547. The SMILES string of the molecule is CCOC1CCCN(c2ccc([N+](=O)[O-])cc2[N+](=O)[O-])C1. The van der Waals surface area contributed by atoms with Crippen LogP contribution in [0.4, 0.5) is 17.1 Å². The molecule has 1 aliphatic heterocycles. The Kier molecular flexibility index (Phi) is 4.69. The monoisotopic (exact) mass is 295 g/mol. The number of nitrogens with zero attached hydrogens (tertiary/aromatic N) is 3. The fraction of sp³-hybridized carbons (Fsp3) is 0.538. The Hall–Kier alpha value is -2.22. The molecular formula is C13H17N3O5. The fourth-order valence-corrected chi connectivity index (χ4v) is 2.57. The van der Waals surface area contributed by atoms with Gasteiger partial charge in [0.2, 0.25) is 0 Å². The highest BCUT2D eigenvalue weighted by Crippen LogP contribution is 2.33. The quantitative estimate of drug-likeness (QED) is 0.611. The van der Waals surface area contributed by atoms with Crippen LogP contribution in [0.15, 0.2) is 18.2 Å². The summed E-state index contributed by atoms with van der Waals surface area (Å²) in [7, 11) is 0. The van der Waals surface area contributed by atoms with E-state index in [1.54, 1.807) is 0 Å². The molecule has 1 aromatic carbocycles. The van der Waals surface area contributed by atoms with E-state index in [4.69, 9.17) is 4.74 Å². The van der Waals surface area contributed by atoms with Crippen molar-refractivity contribution in [1.82, 2.24) is 0 Å². The number of anilines is 1. The number of nitro groups is 2. The number of benzene rings is 1. The van der Waals surface area contributed by atoms with Gasteiger partial charge in [-0.05, 0) is 25.8 Å². The molecule has 0 aromatic heterocycles. The molecule has 0 spiro atoms. The van der Waals surface area contributed by atoms with E-state index >= 15 is 0 Å². The Morgan fingerprint density at radius 2 is 2.10 bits per heavy atom. The molecule has 1 heterocycles. The van der Waals surface area contributed by atoms with Crippen LogP contribution < -0.4 is 4.90 Å². The van der Waals surface area contributed by atoms with Crippen LogP contribution in [-0.2, 0) is 4.74 Å². The van der Waals surface area contributed by atoms with Crippen LogP contribution in [0, 0.1) is 20.2 Å². The molecule has 1 unspecified atom stereocenters. The average molecular weight is 295 g/mol. The number of nitro benzene ring substituents is 2. The number of ether oxygens (including phenoxy) is 1. The molecule has 8 nitrogen and oxygen atoms in total. The lowest BCUT2D eigenvalue weighted by Gasteiger charge is -2.33. The van der Waals surface area contributed by atoms with Gasteiger partial charge in [0.1, 0.15) is 5.69 Å². The van der Waals surface area contributed by atoms with E-state index in [1.807, 2.05) is 11.8 Å². The van der Waals surface area contributed by atoms with Crippen LogP contribution in [0.25, 0.3) is 0 Å². The van der Waals surface area contributed by atoms with E-state index in [0.717, 1.165) is 18.9 Å². The van der Waals surface area contributed by atoms with Crippen molar-refractivity contribution in [2.75, 3.05) is 24.6 Å². The first-order valence-corrected chi connectivity index (χ1v) is 6.82. The van der Waals surface area contributed by atoms with E-state index in [0.29, 0.717) is 25.4 Å². The van der Waals surface area contributed by atoms with Crippen LogP contribution in [0.5, 0.6) is 0 Å². The molecule has 0 radical (unpaired) electrons. The van der Waals surface area contributed by atoms with E-state index in [1.165, 1.54) is 12.1 Å².